The van der Waals surface area contributed by atoms with Crippen molar-refractivity contribution in [3.8, 4) is 0 Å². The number of halogens is 1. The second-order valence-corrected chi connectivity index (χ2v) is 5.47. The van der Waals surface area contributed by atoms with Crippen LogP contribution >= 0.6 is 22.9 Å². The van der Waals surface area contributed by atoms with E-state index >= 15 is 0 Å². The lowest BCUT2D eigenvalue weighted by atomic mass is 10.0. The SMILES string of the molecule is O=C(CCl)c1csc(C2CCCCCC2)n1. The van der Waals surface area contributed by atoms with Crippen LogP contribution in [0.4, 0.5) is 0 Å². The van der Waals surface area contributed by atoms with Gasteiger partial charge in [-0.1, -0.05) is 25.7 Å². The summed E-state index contributed by atoms with van der Waals surface area (Å²) in [5.74, 6) is 0.551. The third-order valence-electron chi connectivity index (χ3n) is 3.13. The Morgan fingerprint density at radius 1 is 1.38 bits per heavy atom. The summed E-state index contributed by atoms with van der Waals surface area (Å²) in [5.41, 5.74) is 0.555. The molecule has 0 aromatic carbocycles. The predicted molar refractivity (Wildman–Crippen MR) is 67.6 cm³/mol. The van der Waals surface area contributed by atoms with Gasteiger partial charge in [0.1, 0.15) is 5.69 Å². The van der Waals surface area contributed by atoms with Gasteiger partial charge in [0.2, 0.25) is 0 Å². The van der Waals surface area contributed by atoms with Crippen molar-refractivity contribution in [2.24, 2.45) is 0 Å². The predicted octanol–water partition coefficient (Wildman–Crippen LogP) is 4.00. The van der Waals surface area contributed by atoms with Crippen LogP contribution in [0.15, 0.2) is 5.38 Å². The molecule has 1 saturated carbocycles. The molecule has 0 atom stereocenters. The Balaban J connectivity index is 2.08. The van der Waals surface area contributed by atoms with Gasteiger partial charge in [0, 0.05) is 11.3 Å². The molecule has 1 aliphatic carbocycles. The molecule has 1 heterocycles. The Morgan fingerprint density at radius 2 is 2.06 bits per heavy atom. The van der Waals surface area contributed by atoms with Crippen molar-refractivity contribution >= 4 is 28.7 Å². The number of alkyl halides is 1. The van der Waals surface area contributed by atoms with Crippen LogP contribution in [-0.4, -0.2) is 16.6 Å². The molecule has 1 fully saturated rings. The number of ketones is 1. The third kappa shape index (κ3) is 2.83. The highest BCUT2D eigenvalue weighted by molar-refractivity contribution is 7.10. The van der Waals surface area contributed by atoms with Gasteiger partial charge in [0.05, 0.1) is 10.9 Å². The molecule has 0 unspecified atom stereocenters. The zero-order valence-electron chi connectivity index (χ0n) is 9.25. The summed E-state index contributed by atoms with van der Waals surface area (Å²) in [4.78, 5) is 15.8. The highest BCUT2D eigenvalue weighted by Gasteiger charge is 2.19. The molecule has 0 aliphatic heterocycles. The van der Waals surface area contributed by atoms with Crippen LogP contribution in [0.5, 0.6) is 0 Å². The molecule has 88 valence electrons. The lowest BCUT2D eigenvalue weighted by Crippen LogP contribution is -2.02. The number of carbonyl (C=O) groups is 1. The molecule has 1 aliphatic rings. The first kappa shape index (κ1) is 12.1. The van der Waals surface area contributed by atoms with Gasteiger partial charge in [0.25, 0.3) is 0 Å². The smallest absolute Gasteiger partial charge is 0.196 e. The van der Waals surface area contributed by atoms with Crippen LogP contribution in [0, 0.1) is 0 Å². The second kappa shape index (κ2) is 5.78. The molecule has 16 heavy (non-hydrogen) atoms. The maximum absolute atomic E-state index is 11.4. The molecule has 2 rings (SSSR count). The van der Waals surface area contributed by atoms with Crippen LogP contribution in [0.25, 0.3) is 0 Å². The summed E-state index contributed by atoms with van der Waals surface area (Å²) in [5, 5.41) is 2.99. The normalized spacial score (nSPS) is 18.3. The first-order valence-electron chi connectivity index (χ1n) is 5.86. The van der Waals surface area contributed by atoms with E-state index in [-0.39, 0.29) is 11.7 Å². The van der Waals surface area contributed by atoms with Gasteiger partial charge in [-0.05, 0) is 12.8 Å². The number of rotatable bonds is 3. The molecule has 0 saturated heterocycles. The maximum atomic E-state index is 11.4. The van der Waals surface area contributed by atoms with Gasteiger partial charge in [-0.2, -0.15) is 0 Å². The summed E-state index contributed by atoms with van der Waals surface area (Å²) in [6.45, 7) is 0. The topological polar surface area (TPSA) is 30.0 Å². The van der Waals surface area contributed by atoms with Crippen molar-refractivity contribution in [2.45, 2.75) is 44.4 Å². The lowest BCUT2D eigenvalue weighted by Gasteiger charge is -2.09. The summed E-state index contributed by atoms with van der Waals surface area (Å²) in [6, 6.07) is 0. The number of hydrogen-bond acceptors (Lipinski definition) is 3. The first-order valence-corrected chi connectivity index (χ1v) is 7.27. The lowest BCUT2D eigenvalue weighted by molar-refractivity contribution is 0.101. The van der Waals surface area contributed by atoms with E-state index in [1.165, 1.54) is 38.5 Å². The second-order valence-electron chi connectivity index (χ2n) is 4.32. The number of carbonyl (C=O) groups excluding carboxylic acids is 1. The number of Topliss-reactive ketones (excluding diaryl/α,β-unsaturated/α-hetero) is 1. The zero-order chi connectivity index (χ0) is 11.4. The fourth-order valence-electron chi connectivity index (χ4n) is 2.20. The van der Waals surface area contributed by atoms with Crippen LogP contribution in [0.1, 0.15) is 59.9 Å². The summed E-state index contributed by atoms with van der Waals surface area (Å²) in [6.07, 6.45) is 7.72. The van der Waals surface area contributed by atoms with Crippen LogP contribution in [0.2, 0.25) is 0 Å². The molecule has 0 N–H and O–H groups in total. The van der Waals surface area contributed by atoms with E-state index < -0.39 is 0 Å². The Kier molecular flexibility index (Phi) is 4.36. The van der Waals surface area contributed by atoms with Crippen molar-refractivity contribution in [3.63, 3.8) is 0 Å². The summed E-state index contributed by atoms with van der Waals surface area (Å²) < 4.78 is 0. The van der Waals surface area contributed by atoms with Crippen molar-refractivity contribution in [1.82, 2.24) is 4.98 Å². The Hall–Kier alpha value is -0.410. The highest BCUT2D eigenvalue weighted by atomic mass is 35.5. The molecule has 1 aromatic heterocycles. The molecule has 0 radical (unpaired) electrons. The average molecular weight is 258 g/mol. The molecular formula is C12H16ClNOS. The standard InChI is InChI=1S/C12H16ClNOS/c13-7-11(15)10-8-16-12(14-10)9-5-3-1-2-4-6-9/h8-9H,1-7H2. The third-order valence-corrected chi connectivity index (χ3v) is 4.38. The molecule has 0 spiro atoms. The van der Waals surface area contributed by atoms with Crippen molar-refractivity contribution in [2.75, 3.05) is 5.88 Å². The van der Waals surface area contributed by atoms with Crippen LogP contribution in [0.3, 0.4) is 0 Å². The molecule has 0 amide bonds. The van der Waals surface area contributed by atoms with Gasteiger partial charge in [-0.3, -0.25) is 4.79 Å². The van der Waals surface area contributed by atoms with E-state index in [1.54, 1.807) is 11.3 Å². The van der Waals surface area contributed by atoms with Gasteiger partial charge in [-0.25, -0.2) is 4.98 Å². The van der Waals surface area contributed by atoms with E-state index in [0.29, 0.717) is 11.6 Å². The zero-order valence-corrected chi connectivity index (χ0v) is 10.8. The van der Waals surface area contributed by atoms with Crippen LogP contribution < -0.4 is 0 Å². The van der Waals surface area contributed by atoms with E-state index in [1.807, 2.05) is 5.38 Å². The molecule has 4 heteroatoms. The first-order chi connectivity index (χ1) is 7.81. The number of hydrogen-bond donors (Lipinski definition) is 0. The van der Waals surface area contributed by atoms with Gasteiger partial charge in [-0.15, -0.1) is 22.9 Å². The van der Waals surface area contributed by atoms with E-state index in [0.717, 1.165) is 5.01 Å². The minimum absolute atomic E-state index is 0.0356. The molecule has 1 aromatic rings. The molecular weight excluding hydrogens is 242 g/mol. The van der Waals surface area contributed by atoms with Crippen molar-refractivity contribution in [1.29, 1.82) is 0 Å². The van der Waals surface area contributed by atoms with Crippen molar-refractivity contribution < 1.29 is 4.79 Å². The monoisotopic (exact) mass is 257 g/mol. The number of aromatic nitrogens is 1. The van der Waals surface area contributed by atoms with Gasteiger partial charge >= 0.3 is 0 Å². The van der Waals surface area contributed by atoms with Gasteiger partial charge in [0.15, 0.2) is 5.78 Å². The van der Waals surface area contributed by atoms with Crippen LogP contribution in [-0.2, 0) is 0 Å². The molecule has 2 nitrogen and oxygen atoms in total. The number of nitrogens with zero attached hydrogens (tertiary/aromatic N) is 1. The maximum Gasteiger partial charge on any atom is 0.196 e. The number of thiazole rings is 1. The Bertz CT molecular complexity index is 356. The fourth-order valence-corrected chi connectivity index (χ4v) is 3.33. The quantitative estimate of drug-likeness (QED) is 0.465. The van der Waals surface area contributed by atoms with Gasteiger partial charge < -0.3 is 0 Å². The highest BCUT2D eigenvalue weighted by Crippen LogP contribution is 2.33. The minimum Gasteiger partial charge on any atom is -0.291 e. The average Bonchev–Trinajstić information content (AvgIpc) is 2.64. The van der Waals surface area contributed by atoms with E-state index in [2.05, 4.69) is 4.98 Å². The fraction of sp³-hybridized carbons (Fsp3) is 0.667. The van der Waals surface area contributed by atoms with E-state index in [9.17, 15) is 4.79 Å². The van der Waals surface area contributed by atoms with Crippen molar-refractivity contribution in [3.05, 3.63) is 16.1 Å². The minimum atomic E-state index is -0.0576. The molecule has 0 bridgehead atoms. The Labute approximate surface area is 105 Å². The Morgan fingerprint density at radius 3 is 2.69 bits per heavy atom. The van der Waals surface area contributed by atoms with E-state index in [4.69, 9.17) is 11.6 Å². The summed E-state index contributed by atoms with van der Waals surface area (Å²) in [7, 11) is 0. The summed E-state index contributed by atoms with van der Waals surface area (Å²) >= 11 is 7.14. The largest absolute Gasteiger partial charge is 0.291 e.